The first-order valence-corrected chi connectivity index (χ1v) is 3.97. The molecule has 0 aromatic heterocycles. The maximum atomic E-state index is 11.5. The molecule has 0 rings (SSSR count). The molecule has 1 atom stereocenters. The summed E-state index contributed by atoms with van der Waals surface area (Å²) in [5, 5.41) is 0. The Bertz CT molecular complexity index is 272. The average molecular weight is 292 g/mol. The molecule has 0 aliphatic heterocycles. The van der Waals surface area contributed by atoms with E-state index in [1.807, 2.05) is 0 Å². The van der Waals surface area contributed by atoms with Gasteiger partial charge in [-0.3, -0.25) is 0 Å². The van der Waals surface area contributed by atoms with Gasteiger partial charge in [0.1, 0.15) is 6.33 Å². The first-order valence-electron chi connectivity index (χ1n) is 3.97. The predicted octanol–water partition coefficient (Wildman–Crippen LogP) is 5.09. The Hall–Kier alpha value is -1.22. The third kappa shape index (κ3) is 12.8. The summed E-state index contributed by atoms with van der Waals surface area (Å²) in [6.07, 6.45) is -16.0. The van der Waals surface area contributed by atoms with Gasteiger partial charge in [-0.15, -0.1) is 0 Å². The highest BCUT2D eigenvalue weighted by Gasteiger charge is 2.25. The van der Waals surface area contributed by atoms with Crippen LogP contribution in [0.15, 0.2) is 24.3 Å². The minimum atomic E-state index is -4.52. The van der Waals surface area contributed by atoms with Crippen LogP contribution in [0.25, 0.3) is 0 Å². The number of hydrogen-bond donors (Lipinski definition) is 0. The number of alkyl halides is 6. The van der Waals surface area contributed by atoms with E-state index in [0.29, 0.717) is 0 Å². The van der Waals surface area contributed by atoms with Crippen LogP contribution in [0.3, 0.4) is 0 Å². The Morgan fingerprint density at radius 1 is 1.00 bits per heavy atom. The highest BCUT2D eigenvalue weighted by Crippen LogP contribution is 2.21. The van der Waals surface area contributed by atoms with Crippen molar-refractivity contribution in [2.75, 3.05) is 0 Å². The van der Waals surface area contributed by atoms with E-state index in [1.165, 1.54) is 0 Å². The minimum Gasteiger partial charge on any atom is -0.233 e. The zero-order chi connectivity index (χ0) is 14.9. The topological polar surface area (TPSA) is 0 Å². The summed E-state index contributed by atoms with van der Waals surface area (Å²) >= 11 is 0. The first-order chi connectivity index (χ1) is 8.01. The van der Waals surface area contributed by atoms with E-state index in [9.17, 15) is 43.9 Å². The highest BCUT2D eigenvalue weighted by molar-refractivity contribution is 4.94. The van der Waals surface area contributed by atoms with Gasteiger partial charge in [0.2, 0.25) is 6.17 Å². The molecule has 0 spiro atoms. The van der Waals surface area contributed by atoms with Crippen molar-refractivity contribution in [3.63, 3.8) is 0 Å². The molecule has 0 aliphatic rings. The molecule has 0 aromatic carbocycles. The van der Waals surface area contributed by atoms with Gasteiger partial charge in [0, 0.05) is 0 Å². The van der Waals surface area contributed by atoms with Gasteiger partial charge in [0.15, 0.2) is 5.83 Å². The quantitative estimate of drug-likeness (QED) is 0.636. The van der Waals surface area contributed by atoms with Crippen LogP contribution < -0.4 is 0 Å². The van der Waals surface area contributed by atoms with Crippen molar-refractivity contribution in [1.29, 1.82) is 0 Å². The molecule has 0 saturated heterocycles. The van der Waals surface area contributed by atoms with Gasteiger partial charge in [0.25, 0.3) is 12.5 Å². The monoisotopic (exact) mass is 292 g/mol. The molecular formula is C8H6F10. The van der Waals surface area contributed by atoms with Crippen LogP contribution in [0.2, 0.25) is 0 Å². The molecule has 0 heterocycles. The normalized spacial score (nSPS) is 13.8. The first kappa shape index (κ1) is 19.1. The van der Waals surface area contributed by atoms with Gasteiger partial charge in [-0.2, -0.15) is 22.0 Å². The summed E-state index contributed by atoms with van der Waals surface area (Å²) < 4.78 is 111. The van der Waals surface area contributed by atoms with E-state index in [0.717, 1.165) is 0 Å². The van der Waals surface area contributed by atoms with E-state index >= 15 is 0 Å². The second-order valence-electron chi connectivity index (χ2n) is 2.54. The van der Waals surface area contributed by atoms with Crippen molar-refractivity contribution in [3.05, 3.63) is 24.3 Å². The number of allylic oxidation sites excluding steroid dienone is 2. The second-order valence-corrected chi connectivity index (χ2v) is 2.54. The van der Waals surface area contributed by atoms with Gasteiger partial charge in [0.05, 0.1) is 6.42 Å². The van der Waals surface area contributed by atoms with E-state index < -0.39 is 43.4 Å². The molecule has 18 heavy (non-hydrogen) atoms. The van der Waals surface area contributed by atoms with Gasteiger partial charge in [-0.25, -0.2) is 22.0 Å². The Labute approximate surface area is 94.6 Å². The van der Waals surface area contributed by atoms with Crippen LogP contribution in [-0.4, -0.2) is 18.8 Å². The van der Waals surface area contributed by atoms with Crippen molar-refractivity contribution < 1.29 is 43.9 Å². The van der Waals surface area contributed by atoms with E-state index in [1.54, 1.807) is 0 Å². The number of halogens is 10. The lowest BCUT2D eigenvalue weighted by molar-refractivity contribution is -0.125. The lowest BCUT2D eigenvalue weighted by Gasteiger charge is -2.00. The molecule has 108 valence electrons. The SMILES string of the molecule is FC(F)=CCC(F)(F)F.FC=C(F)C(F)C(F)F. The van der Waals surface area contributed by atoms with Gasteiger partial charge in [-0.05, 0) is 6.08 Å². The highest BCUT2D eigenvalue weighted by atomic mass is 19.4. The molecule has 0 aliphatic carbocycles. The molecule has 0 radical (unpaired) electrons. The summed E-state index contributed by atoms with van der Waals surface area (Å²) in [5.41, 5.74) is 0. The van der Waals surface area contributed by atoms with E-state index in [4.69, 9.17) is 0 Å². The maximum absolute atomic E-state index is 11.5. The lowest BCUT2D eigenvalue weighted by Crippen LogP contribution is -2.11. The Morgan fingerprint density at radius 2 is 1.44 bits per heavy atom. The summed E-state index contributed by atoms with van der Waals surface area (Å²) in [5.74, 6) is -2.08. The van der Waals surface area contributed by atoms with Crippen molar-refractivity contribution in [3.8, 4) is 0 Å². The zero-order valence-corrected chi connectivity index (χ0v) is 8.30. The van der Waals surface area contributed by atoms with Gasteiger partial charge >= 0.3 is 6.18 Å². The van der Waals surface area contributed by atoms with E-state index in [-0.39, 0.29) is 6.08 Å². The number of hydrogen-bond acceptors (Lipinski definition) is 0. The molecule has 0 N–H and O–H groups in total. The molecular weight excluding hydrogens is 286 g/mol. The molecule has 0 saturated carbocycles. The largest absolute Gasteiger partial charge is 0.392 e. The fraction of sp³-hybridized carbons (Fsp3) is 0.500. The van der Waals surface area contributed by atoms with Crippen LogP contribution in [0.5, 0.6) is 0 Å². The number of rotatable bonds is 3. The second kappa shape index (κ2) is 8.81. The molecule has 0 aromatic rings. The summed E-state index contributed by atoms with van der Waals surface area (Å²) in [7, 11) is 0. The van der Waals surface area contributed by atoms with Gasteiger partial charge < -0.3 is 0 Å². The van der Waals surface area contributed by atoms with Crippen molar-refractivity contribution in [2.24, 2.45) is 0 Å². The lowest BCUT2D eigenvalue weighted by atomic mass is 10.4. The average Bonchev–Trinajstić information content (AvgIpc) is 2.24. The predicted molar refractivity (Wildman–Crippen MR) is 42.2 cm³/mol. The third-order valence-electron chi connectivity index (χ3n) is 1.08. The molecule has 0 nitrogen and oxygen atoms in total. The molecule has 10 heteroatoms. The Morgan fingerprint density at radius 3 is 1.56 bits per heavy atom. The van der Waals surface area contributed by atoms with Crippen molar-refractivity contribution in [2.45, 2.75) is 25.2 Å². The Balaban J connectivity index is 0. The fourth-order valence-electron chi connectivity index (χ4n) is 0.373. The molecule has 0 bridgehead atoms. The maximum Gasteiger partial charge on any atom is 0.392 e. The molecule has 0 fully saturated rings. The van der Waals surface area contributed by atoms with Crippen LogP contribution in [0.4, 0.5) is 43.9 Å². The Kier molecular flexibility index (Phi) is 9.36. The van der Waals surface area contributed by atoms with Crippen molar-refractivity contribution in [1.82, 2.24) is 0 Å². The molecule has 0 amide bonds. The zero-order valence-electron chi connectivity index (χ0n) is 8.30. The van der Waals surface area contributed by atoms with Crippen LogP contribution in [0.1, 0.15) is 6.42 Å². The van der Waals surface area contributed by atoms with E-state index in [2.05, 4.69) is 0 Å². The van der Waals surface area contributed by atoms with Crippen LogP contribution in [0, 0.1) is 0 Å². The van der Waals surface area contributed by atoms with Crippen LogP contribution >= 0.6 is 0 Å². The van der Waals surface area contributed by atoms with Crippen LogP contribution in [-0.2, 0) is 0 Å². The summed E-state index contributed by atoms with van der Waals surface area (Å²) in [6, 6.07) is 0. The van der Waals surface area contributed by atoms with Gasteiger partial charge in [-0.1, -0.05) is 0 Å². The fourth-order valence-corrected chi connectivity index (χ4v) is 0.373. The third-order valence-corrected chi connectivity index (χ3v) is 1.08. The standard InChI is InChI=1S/2C4H3F5/c5-1-2(6)3(7)4(8)9;5-3(6)1-2-4(7,8)9/h1,3-4H;1H,2H2. The minimum absolute atomic E-state index is 0.167. The smallest absolute Gasteiger partial charge is 0.233 e. The summed E-state index contributed by atoms with van der Waals surface area (Å²) in [4.78, 5) is 0. The van der Waals surface area contributed by atoms with Crippen molar-refractivity contribution >= 4 is 0 Å². The summed E-state index contributed by atoms with van der Waals surface area (Å²) in [6.45, 7) is 0. The molecule has 1 unspecified atom stereocenters.